The molecule has 3 rings (SSSR count). The molecular weight excluding hydrogens is 248 g/mol. The molecule has 0 aliphatic heterocycles. The molecule has 0 spiro atoms. The Morgan fingerprint density at radius 1 is 1.20 bits per heavy atom. The van der Waals surface area contributed by atoms with Crippen LogP contribution in [-0.4, -0.2) is 11.6 Å². The lowest BCUT2D eigenvalue weighted by molar-refractivity contribution is -0.141. The van der Waals surface area contributed by atoms with Crippen LogP contribution in [-0.2, 0) is 9.59 Å². The molecule has 0 aromatic heterocycles. The number of hydrogen-bond acceptors (Lipinski definition) is 2. The molecule has 0 saturated heterocycles. The van der Waals surface area contributed by atoms with E-state index in [-0.39, 0.29) is 10.8 Å². The maximum atomic E-state index is 12.4. The highest BCUT2D eigenvalue weighted by Gasteiger charge is 2.57. The number of carbonyl (C=O) groups excluding carboxylic acids is 2. The molecule has 3 aliphatic rings. The van der Waals surface area contributed by atoms with Crippen LogP contribution >= 0.6 is 0 Å². The molecule has 0 unspecified atom stereocenters. The summed E-state index contributed by atoms with van der Waals surface area (Å²) in [5.41, 5.74) is -0.0356. The summed E-state index contributed by atoms with van der Waals surface area (Å²) in [4.78, 5) is 24.4. The maximum absolute atomic E-state index is 12.4. The minimum atomic E-state index is -0.187. The molecule has 2 fully saturated rings. The zero-order valence-electron chi connectivity index (χ0n) is 12.9. The van der Waals surface area contributed by atoms with E-state index >= 15 is 0 Å². The van der Waals surface area contributed by atoms with Crippen molar-refractivity contribution in [3.63, 3.8) is 0 Å². The van der Waals surface area contributed by atoms with Crippen molar-refractivity contribution in [3.05, 3.63) is 12.2 Å². The second kappa shape index (κ2) is 4.54. The highest BCUT2D eigenvalue weighted by molar-refractivity contribution is 5.95. The molecular formula is C18H26O2. The molecule has 0 bridgehead atoms. The van der Waals surface area contributed by atoms with Gasteiger partial charge in [-0.15, -0.1) is 0 Å². The first kappa shape index (κ1) is 14.0. The molecule has 0 radical (unpaired) electrons. The largest absolute Gasteiger partial charge is 0.300 e. The van der Waals surface area contributed by atoms with Crippen LogP contribution in [0.3, 0.4) is 0 Å². The van der Waals surface area contributed by atoms with Gasteiger partial charge in [0.2, 0.25) is 0 Å². The van der Waals surface area contributed by atoms with E-state index in [0.29, 0.717) is 35.7 Å². The molecule has 2 heteroatoms. The smallest absolute Gasteiger partial charge is 0.161 e. The Balaban J connectivity index is 2.03. The zero-order chi connectivity index (χ0) is 14.5. The lowest BCUT2D eigenvalue weighted by atomic mass is 9.46. The first-order valence-corrected chi connectivity index (χ1v) is 8.10. The predicted octanol–water partition coefficient (Wildman–Crippen LogP) is 3.94. The number of ketones is 2. The normalized spacial score (nSPS) is 48.5. The molecule has 2 saturated carbocycles. The van der Waals surface area contributed by atoms with Gasteiger partial charge in [-0.05, 0) is 54.9 Å². The van der Waals surface area contributed by atoms with Crippen LogP contribution in [0.15, 0.2) is 12.2 Å². The van der Waals surface area contributed by atoms with Gasteiger partial charge < -0.3 is 0 Å². The molecule has 0 N–H and O–H groups in total. The van der Waals surface area contributed by atoms with Crippen molar-refractivity contribution in [2.24, 2.45) is 28.6 Å². The fourth-order valence-corrected chi connectivity index (χ4v) is 5.58. The van der Waals surface area contributed by atoms with Gasteiger partial charge in [-0.2, -0.15) is 0 Å². The monoisotopic (exact) mass is 274 g/mol. The molecule has 0 aromatic carbocycles. The lowest BCUT2D eigenvalue weighted by Gasteiger charge is -2.57. The van der Waals surface area contributed by atoms with Crippen molar-refractivity contribution in [1.29, 1.82) is 0 Å². The Labute approximate surface area is 122 Å². The second-order valence-electron chi connectivity index (χ2n) is 7.84. The average Bonchev–Trinajstić information content (AvgIpc) is 2.49. The van der Waals surface area contributed by atoms with Crippen LogP contribution in [0.5, 0.6) is 0 Å². The Kier molecular flexibility index (Phi) is 3.19. The van der Waals surface area contributed by atoms with Crippen molar-refractivity contribution >= 4 is 11.6 Å². The van der Waals surface area contributed by atoms with Gasteiger partial charge in [0, 0.05) is 18.3 Å². The molecule has 20 heavy (non-hydrogen) atoms. The first-order valence-electron chi connectivity index (χ1n) is 8.10. The van der Waals surface area contributed by atoms with Gasteiger partial charge in [-0.25, -0.2) is 0 Å². The molecule has 2 nitrogen and oxygen atoms in total. The molecule has 5 atom stereocenters. The lowest BCUT2D eigenvalue weighted by Crippen LogP contribution is -2.53. The standard InChI is InChI=1S/C18H26O2/c1-12-11-13(19)7-9-17(2)14(12)8-10-18(3)15(17)5-4-6-16(18)20/h4,6,12,14-15H,5,7-11H2,1-3H3/t12-,14-,15+,17-,18+/m0/s1. The van der Waals surface area contributed by atoms with Crippen LogP contribution in [0, 0.1) is 28.6 Å². The average molecular weight is 274 g/mol. The quantitative estimate of drug-likeness (QED) is 0.670. The van der Waals surface area contributed by atoms with E-state index in [1.54, 1.807) is 6.08 Å². The van der Waals surface area contributed by atoms with E-state index in [4.69, 9.17) is 0 Å². The number of rotatable bonds is 0. The number of carbonyl (C=O) groups is 2. The van der Waals surface area contributed by atoms with E-state index in [0.717, 1.165) is 32.1 Å². The fraction of sp³-hybridized carbons (Fsp3) is 0.778. The molecule has 0 heterocycles. The van der Waals surface area contributed by atoms with Crippen molar-refractivity contribution in [2.45, 2.75) is 59.3 Å². The molecule has 0 aromatic rings. The van der Waals surface area contributed by atoms with Gasteiger partial charge in [-0.1, -0.05) is 26.8 Å². The van der Waals surface area contributed by atoms with Crippen LogP contribution in [0.4, 0.5) is 0 Å². The van der Waals surface area contributed by atoms with Crippen LogP contribution < -0.4 is 0 Å². The summed E-state index contributed by atoms with van der Waals surface area (Å²) in [7, 11) is 0. The predicted molar refractivity (Wildman–Crippen MR) is 79.2 cm³/mol. The SMILES string of the molecule is C[C@H]1CC(=O)CC[C@]2(C)[C@H]3CC=CC(=O)[C@]3(C)CC[C@@H]12. The van der Waals surface area contributed by atoms with E-state index < -0.39 is 0 Å². The third-order valence-electron chi connectivity index (χ3n) is 6.77. The Morgan fingerprint density at radius 2 is 1.95 bits per heavy atom. The van der Waals surface area contributed by atoms with E-state index in [9.17, 15) is 9.59 Å². The van der Waals surface area contributed by atoms with Crippen LogP contribution in [0.25, 0.3) is 0 Å². The van der Waals surface area contributed by atoms with E-state index in [1.165, 1.54) is 0 Å². The van der Waals surface area contributed by atoms with Crippen molar-refractivity contribution in [3.8, 4) is 0 Å². The summed E-state index contributed by atoms with van der Waals surface area (Å²) in [5.74, 6) is 2.23. The van der Waals surface area contributed by atoms with Crippen molar-refractivity contribution in [1.82, 2.24) is 0 Å². The van der Waals surface area contributed by atoms with Crippen LogP contribution in [0.2, 0.25) is 0 Å². The number of fused-ring (bicyclic) bond motifs is 3. The Morgan fingerprint density at radius 3 is 2.70 bits per heavy atom. The van der Waals surface area contributed by atoms with Gasteiger partial charge in [-0.3, -0.25) is 9.59 Å². The number of Topliss-reactive ketones (excluding diaryl/α,β-unsaturated/α-hetero) is 1. The van der Waals surface area contributed by atoms with Gasteiger partial charge in [0.1, 0.15) is 5.78 Å². The van der Waals surface area contributed by atoms with Crippen molar-refractivity contribution in [2.75, 3.05) is 0 Å². The van der Waals surface area contributed by atoms with E-state index in [1.807, 2.05) is 0 Å². The summed E-state index contributed by atoms with van der Waals surface area (Å²) in [6.07, 6.45) is 9.41. The Bertz CT molecular complexity index is 478. The summed E-state index contributed by atoms with van der Waals surface area (Å²) in [6, 6.07) is 0. The Hall–Kier alpha value is -0.920. The molecule has 0 amide bonds. The third-order valence-corrected chi connectivity index (χ3v) is 6.77. The maximum Gasteiger partial charge on any atom is 0.161 e. The van der Waals surface area contributed by atoms with Gasteiger partial charge >= 0.3 is 0 Å². The number of hydrogen-bond donors (Lipinski definition) is 0. The second-order valence-corrected chi connectivity index (χ2v) is 7.84. The molecule has 3 aliphatic carbocycles. The summed E-state index contributed by atoms with van der Waals surface area (Å²) >= 11 is 0. The molecule has 110 valence electrons. The minimum absolute atomic E-state index is 0.152. The van der Waals surface area contributed by atoms with Gasteiger partial charge in [0.15, 0.2) is 5.78 Å². The van der Waals surface area contributed by atoms with Crippen molar-refractivity contribution < 1.29 is 9.59 Å². The third kappa shape index (κ3) is 1.83. The highest BCUT2D eigenvalue weighted by Crippen LogP contribution is 2.62. The van der Waals surface area contributed by atoms with E-state index in [2.05, 4.69) is 26.8 Å². The van der Waals surface area contributed by atoms with Gasteiger partial charge in [0.05, 0.1) is 0 Å². The number of allylic oxidation sites excluding steroid dienone is 2. The minimum Gasteiger partial charge on any atom is -0.300 e. The summed E-state index contributed by atoms with van der Waals surface area (Å²) in [6.45, 7) is 6.78. The fourth-order valence-electron chi connectivity index (χ4n) is 5.58. The highest BCUT2D eigenvalue weighted by atomic mass is 16.1. The topological polar surface area (TPSA) is 34.1 Å². The summed E-state index contributed by atoms with van der Waals surface area (Å²) < 4.78 is 0. The summed E-state index contributed by atoms with van der Waals surface area (Å²) in [5, 5.41) is 0. The zero-order valence-corrected chi connectivity index (χ0v) is 12.9. The first-order chi connectivity index (χ1) is 9.38. The van der Waals surface area contributed by atoms with Gasteiger partial charge in [0.25, 0.3) is 0 Å². The van der Waals surface area contributed by atoms with Crippen LogP contribution in [0.1, 0.15) is 59.3 Å².